The van der Waals surface area contributed by atoms with E-state index in [2.05, 4.69) is 32.6 Å². The van der Waals surface area contributed by atoms with E-state index in [0.717, 1.165) is 25.7 Å². The van der Waals surface area contributed by atoms with Crippen LogP contribution in [0.25, 0.3) is 0 Å². The van der Waals surface area contributed by atoms with E-state index in [1.807, 2.05) is 0 Å². The van der Waals surface area contributed by atoms with Crippen LogP contribution in [0.4, 0.5) is 0 Å². The molecule has 3 heteroatoms. The number of fused-ring (bicyclic) bond motifs is 1. The molecule has 3 N–H and O–H groups in total. The highest BCUT2D eigenvalue weighted by atomic mass is 16.5. The molecule has 0 amide bonds. The van der Waals surface area contributed by atoms with Crippen LogP contribution < -0.4 is 0 Å². The van der Waals surface area contributed by atoms with E-state index in [-0.39, 0.29) is 6.10 Å². The average molecular weight is 422 g/mol. The molecule has 0 aliphatic heterocycles. The molecule has 0 unspecified atom stereocenters. The van der Waals surface area contributed by atoms with Gasteiger partial charge in [0, 0.05) is 0 Å². The largest absolute Gasteiger partial charge is 0.393 e. The van der Waals surface area contributed by atoms with Crippen LogP contribution in [0.3, 0.4) is 0 Å². The van der Waals surface area contributed by atoms with Crippen LogP contribution in [-0.2, 0) is 0 Å². The minimum absolute atomic E-state index is 0.215. The molecule has 3 nitrogen and oxygen atoms in total. The lowest BCUT2D eigenvalue weighted by Gasteiger charge is -2.44. The van der Waals surface area contributed by atoms with Gasteiger partial charge in [-0.3, -0.25) is 0 Å². The Morgan fingerprint density at radius 1 is 1.17 bits per heavy atom. The zero-order chi connectivity index (χ0) is 22.1. The van der Waals surface area contributed by atoms with Crippen molar-refractivity contribution in [3.05, 3.63) is 35.5 Å². The van der Waals surface area contributed by atoms with Crippen LogP contribution >= 0.6 is 0 Å². The maximum absolute atomic E-state index is 10.3. The molecule has 3 aliphatic carbocycles. The molecule has 0 saturated heterocycles. The molecule has 0 spiro atoms. The highest BCUT2D eigenvalue weighted by Gasteiger charge is 2.50. The molecular formula is C27H44O3. The molecule has 30 heavy (non-hydrogen) atoms. The number of hydrogen-bond donors (Lipinski definition) is 3. The molecule has 170 valence electrons. The maximum Gasteiger partial charge on any atom is 0.0849 e. The summed E-state index contributed by atoms with van der Waals surface area (Å²) in [5.74, 6) is 1.89. The standard InChI is InChI=1S/C27H44O3/c1-18-8-12-22(28)17-21(18)11-10-20-7-6-16-27(5)23(13-14-24(20)27)19(2)9-15-25(29)26(3,4)30/h10-11,19,22-25,28-30H,1,6-9,12-17H2,2-5H3/b20-10+,21-11-/t19-,22+,23-,24+,25-,27-/m1/s1/i3+1,4+1,15+1,25+1,26+1. The number of aliphatic hydroxyl groups is 3. The van der Waals surface area contributed by atoms with Gasteiger partial charge >= 0.3 is 0 Å². The van der Waals surface area contributed by atoms with Gasteiger partial charge in [-0.1, -0.05) is 43.7 Å². The molecule has 0 aromatic carbocycles. The van der Waals surface area contributed by atoms with E-state index in [1.54, 1.807) is 19.4 Å². The Bertz CT molecular complexity index is 683. The second kappa shape index (κ2) is 9.30. The van der Waals surface area contributed by atoms with Crippen LogP contribution in [0.5, 0.6) is 0 Å². The predicted octanol–water partition coefficient (Wildman–Crippen LogP) is 5.70. The lowest BCUT2D eigenvalue weighted by Crippen LogP contribution is -2.38. The first-order chi connectivity index (χ1) is 14.0. The molecule has 3 aliphatic rings. The topological polar surface area (TPSA) is 60.7 Å². The Morgan fingerprint density at radius 3 is 2.60 bits per heavy atom. The van der Waals surface area contributed by atoms with Gasteiger partial charge in [0.15, 0.2) is 0 Å². The molecule has 6 atom stereocenters. The van der Waals surface area contributed by atoms with Crippen molar-refractivity contribution in [2.75, 3.05) is 0 Å². The van der Waals surface area contributed by atoms with Gasteiger partial charge in [0.1, 0.15) is 0 Å². The number of aliphatic hydroxyl groups excluding tert-OH is 2. The van der Waals surface area contributed by atoms with Gasteiger partial charge in [-0.15, -0.1) is 0 Å². The molecular weight excluding hydrogens is 377 g/mol. The van der Waals surface area contributed by atoms with Crippen molar-refractivity contribution in [1.29, 1.82) is 0 Å². The number of hydrogen-bond acceptors (Lipinski definition) is 3. The Balaban J connectivity index is 1.69. The van der Waals surface area contributed by atoms with Gasteiger partial charge in [0.05, 0.1) is 17.8 Å². The van der Waals surface area contributed by atoms with E-state index in [4.69, 9.17) is 0 Å². The quantitative estimate of drug-likeness (QED) is 0.482. The summed E-state index contributed by atoms with van der Waals surface area (Å²) in [6, 6.07) is 0. The monoisotopic (exact) mass is 421 g/mol. The molecule has 3 rings (SSSR count). The van der Waals surface area contributed by atoms with Gasteiger partial charge in [0.25, 0.3) is 0 Å². The first-order valence-electron chi connectivity index (χ1n) is 12.2. The summed E-state index contributed by atoms with van der Waals surface area (Å²) < 4.78 is 0. The molecule has 0 radical (unpaired) electrons. The normalized spacial score (nSPS) is 37.4. The third-order valence-electron chi connectivity index (χ3n) is 8.62. The third-order valence-corrected chi connectivity index (χ3v) is 8.62. The smallest absolute Gasteiger partial charge is 0.0849 e. The molecule has 0 aromatic rings. The van der Waals surface area contributed by atoms with Crippen LogP contribution in [0.15, 0.2) is 35.5 Å². The SMILES string of the molecule is C=C1CC[C@H](O)C/C1=C/C=C1\CCC[C@]2(C)[C@@H]([C@H](C)C[13CH2][13C@@H](O)[13C]([13CH3])([13CH3])O)CC[C@@H]12. The Kier molecular flexibility index (Phi) is 7.37. The first-order valence-corrected chi connectivity index (χ1v) is 12.2. The third kappa shape index (κ3) is 5.11. The molecule has 3 saturated carbocycles. The van der Waals surface area contributed by atoms with Crippen molar-refractivity contribution in [1.82, 2.24) is 0 Å². The predicted molar refractivity (Wildman–Crippen MR) is 124 cm³/mol. The van der Waals surface area contributed by atoms with Crippen LogP contribution in [0.1, 0.15) is 91.9 Å². The van der Waals surface area contributed by atoms with Crippen molar-refractivity contribution in [3.8, 4) is 0 Å². The molecule has 0 bridgehead atoms. The highest BCUT2D eigenvalue weighted by Crippen LogP contribution is 2.60. The van der Waals surface area contributed by atoms with E-state index >= 15 is 0 Å². The molecule has 0 aromatic heterocycles. The molecule has 0 heterocycles. The average Bonchev–Trinajstić information content (AvgIpc) is 3.03. The van der Waals surface area contributed by atoms with Crippen molar-refractivity contribution < 1.29 is 15.3 Å². The van der Waals surface area contributed by atoms with E-state index < -0.39 is 11.7 Å². The summed E-state index contributed by atoms with van der Waals surface area (Å²) >= 11 is 0. The minimum atomic E-state index is -1.02. The van der Waals surface area contributed by atoms with Gasteiger partial charge in [-0.25, -0.2) is 0 Å². The van der Waals surface area contributed by atoms with Crippen molar-refractivity contribution in [2.45, 2.75) is 110 Å². The van der Waals surface area contributed by atoms with Crippen LogP contribution in [0, 0.1) is 23.2 Å². The summed E-state index contributed by atoms with van der Waals surface area (Å²) in [7, 11) is 0. The molecule has 3 fully saturated rings. The summed E-state index contributed by atoms with van der Waals surface area (Å²) in [4.78, 5) is 0. The number of allylic oxidation sites excluding steroid dienone is 4. The van der Waals surface area contributed by atoms with E-state index in [0.29, 0.717) is 29.6 Å². The maximum atomic E-state index is 10.3. The van der Waals surface area contributed by atoms with Crippen molar-refractivity contribution in [2.24, 2.45) is 23.2 Å². The number of rotatable bonds is 6. The van der Waals surface area contributed by atoms with Crippen molar-refractivity contribution >= 4 is 0 Å². The van der Waals surface area contributed by atoms with Gasteiger partial charge in [-0.2, -0.15) is 0 Å². The zero-order valence-corrected chi connectivity index (χ0v) is 19.7. The highest BCUT2D eigenvalue weighted by molar-refractivity contribution is 5.36. The van der Waals surface area contributed by atoms with Crippen LogP contribution in [-0.4, -0.2) is 33.1 Å². The second-order valence-electron chi connectivity index (χ2n) is 11.3. The Morgan fingerprint density at radius 2 is 1.90 bits per heavy atom. The lowest BCUT2D eigenvalue weighted by atomic mass is 9.61. The van der Waals surface area contributed by atoms with Gasteiger partial charge in [0.2, 0.25) is 0 Å². The fraction of sp³-hybridized carbons (Fsp3) is 0.778. The summed E-state index contributed by atoms with van der Waals surface area (Å²) in [6.07, 6.45) is 14.1. The van der Waals surface area contributed by atoms with Crippen molar-refractivity contribution in [3.63, 3.8) is 0 Å². The van der Waals surface area contributed by atoms with Crippen LogP contribution in [0.2, 0.25) is 0 Å². The van der Waals surface area contributed by atoms with Gasteiger partial charge in [-0.05, 0) is 107 Å². The Labute approximate surface area is 184 Å². The summed E-state index contributed by atoms with van der Waals surface area (Å²) in [6.45, 7) is 12.5. The summed E-state index contributed by atoms with van der Waals surface area (Å²) in [5, 5.41) is 30.3. The fourth-order valence-electron chi connectivity index (χ4n) is 6.58. The first kappa shape index (κ1) is 23.8. The summed E-state index contributed by atoms with van der Waals surface area (Å²) in [5.41, 5.74) is 3.34. The van der Waals surface area contributed by atoms with Gasteiger partial charge < -0.3 is 15.3 Å². The fourth-order valence-corrected chi connectivity index (χ4v) is 6.58. The lowest BCUT2D eigenvalue weighted by molar-refractivity contribution is -0.0554. The Hall–Kier alpha value is -0.900. The van der Waals surface area contributed by atoms with E-state index in [9.17, 15) is 15.3 Å². The van der Waals surface area contributed by atoms with E-state index in [1.165, 1.54) is 43.3 Å². The second-order valence-corrected chi connectivity index (χ2v) is 11.3. The zero-order valence-electron chi connectivity index (χ0n) is 19.7. The minimum Gasteiger partial charge on any atom is -0.393 e.